The second-order valence-corrected chi connectivity index (χ2v) is 6.30. The van der Waals surface area contributed by atoms with Gasteiger partial charge >= 0.3 is 20.8 Å². The first-order valence-electron chi connectivity index (χ1n) is 3.93. The van der Waals surface area contributed by atoms with Gasteiger partial charge in [0.1, 0.15) is 5.75 Å². The Morgan fingerprint density at radius 1 is 1.19 bits per heavy atom. The summed E-state index contributed by atoms with van der Waals surface area (Å²) in [5.74, 6) is -0.102. The molecule has 9 heteroatoms. The molecule has 0 saturated heterocycles. The third-order valence-corrected chi connectivity index (χ3v) is 4.49. The van der Waals surface area contributed by atoms with Gasteiger partial charge in [0.05, 0.1) is 0 Å². The Morgan fingerprint density at radius 2 is 1.69 bits per heavy atom. The number of rotatable bonds is 4. The van der Waals surface area contributed by atoms with Crippen molar-refractivity contribution in [1.29, 1.82) is 0 Å². The Kier molecular flexibility index (Phi) is 3.80. The molecule has 1 rings (SSSR count). The summed E-state index contributed by atoms with van der Waals surface area (Å²) in [5, 5.41) is -2.01. The van der Waals surface area contributed by atoms with Crippen LogP contribution in [0, 0.1) is 0 Å². The van der Waals surface area contributed by atoms with E-state index in [4.69, 9.17) is 19.6 Å². The standard InChI is InChI=1S/C7H8O7P2/c8-7(15(9,10)11)16(12,13)14-6-4-2-1-3-5-6/h1-5,9-11H/p+1. The summed E-state index contributed by atoms with van der Waals surface area (Å²) >= 11 is 0. The van der Waals surface area contributed by atoms with E-state index >= 15 is 0 Å². The second-order valence-electron chi connectivity index (χ2n) is 2.78. The topological polar surface area (TPSA) is 124 Å². The summed E-state index contributed by atoms with van der Waals surface area (Å²) < 4.78 is 15.7. The van der Waals surface area contributed by atoms with Crippen molar-refractivity contribution in [3.63, 3.8) is 0 Å². The molecule has 0 saturated carbocycles. The first-order chi connectivity index (χ1) is 7.23. The van der Waals surface area contributed by atoms with Crippen molar-refractivity contribution in [3.8, 4) is 5.75 Å². The molecule has 1 unspecified atom stereocenters. The summed E-state index contributed by atoms with van der Waals surface area (Å²) in [6.45, 7) is 0. The zero-order valence-corrected chi connectivity index (χ0v) is 9.58. The third kappa shape index (κ3) is 3.35. The second kappa shape index (κ2) is 4.59. The van der Waals surface area contributed by atoms with Gasteiger partial charge in [-0.05, 0) is 12.1 Å². The van der Waals surface area contributed by atoms with E-state index in [1.807, 2.05) is 0 Å². The van der Waals surface area contributed by atoms with Crippen molar-refractivity contribution in [2.45, 2.75) is 0 Å². The van der Waals surface area contributed by atoms with Crippen LogP contribution in [0.3, 0.4) is 0 Å². The van der Waals surface area contributed by atoms with Crippen LogP contribution in [-0.2, 0) is 4.57 Å². The summed E-state index contributed by atoms with van der Waals surface area (Å²) in [4.78, 5) is 45.7. The lowest BCUT2D eigenvalue weighted by atomic mass is 10.3. The molecular weight excluding hydrogens is 258 g/mol. The molecule has 88 valence electrons. The molecule has 0 radical (unpaired) electrons. The number of hydrogen-bond donors (Lipinski definition) is 4. The van der Waals surface area contributed by atoms with Gasteiger partial charge in [0.2, 0.25) is 0 Å². The van der Waals surface area contributed by atoms with Gasteiger partial charge in [0.15, 0.2) is 0 Å². The van der Waals surface area contributed by atoms with E-state index in [2.05, 4.69) is 4.52 Å². The minimum atomic E-state index is -5.04. The molecule has 1 atom stereocenters. The third-order valence-electron chi connectivity index (χ3n) is 1.47. The number of benzene rings is 1. The highest BCUT2D eigenvalue weighted by Crippen LogP contribution is 2.62. The van der Waals surface area contributed by atoms with Gasteiger partial charge in [-0.25, -0.2) is 9.36 Å². The van der Waals surface area contributed by atoms with Crippen LogP contribution in [0.15, 0.2) is 30.3 Å². The highest BCUT2D eigenvalue weighted by molar-refractivity contribution is 8.00. The molecule has 0 heterocycles. The predicted molar refractivity (Wildman–Crippen MR) is 55.9 cm³/mol. The molecule has 1 aromatic carbocycles. The molecule has 0 spiro atoms. The van der Waals surface area contributed by atoms with Crippen LogP contribution in [0.25, 0.3) is 0 Å². The predicted octanol–water partition coefficient (Wildman–Crippen LogP) is 1.11. The fraction of sp³-hybridized carbons (Fsp3) is 0. The highest BCUT2D eigenvalue weighted by atomic mass is 31.3. The number of carbonyl (C=O) groups excluding carboxylic acids is 1. The van der Waals surface area contributed by atoms with Crippen molar-refractivity contribution in [3.05, 3.63) is 30.3 Å². The zero-order chi connectivity index (χ0) is 12.4. The summed E-state index contributed by atoms with van der Waals surface area (Å²) in [5.41, 5.74) is 0. The van der Waals surface area contributed by atoms with Crippen LogP contribution in [-0.4, -0.2) is 24.8 Å². The molecular formula is C7H9O7P2+. The average molecular weight is 267 g/mol. The SMILES string of the molecule is O=C(P(=O)(O)Oc1ccccc1)[P+](O)(O)O. The first-order valence-corrected chi connectivity index (χ1v) is 7.16. The Morgan fingerprint density at radius 3 is 2.12 bits per heavy atom. The molecule has 16 heavy (non-hydrogen) atoms. The van der Waals surface area contributed by atoms with Crippen LogP contribution in [0.2, 0.25) is 0 Å². The van der Waals surface area contributed by atoms with Crippen molar-refractivity contribution in [2.24, 2.45) is 0 Å². The van der Waals surface area contributed by atoms with Gasteiger partial charge in [0, 0.05) is 0 Å². The van der Waals surface area contributed by atoms with E-state index in [-0.39, 0.29) is 5.75 Å². The normalized spacial score (nSPS) is 15.2. The first kappa shape index (κ1) is 13.3. The molecule has 0 amide bonds. The van der Waals surface area contributed by atoms with Gasteiger partial charge in [-0.3, -0.25) is 0 Å². The Balaban J connectivity index is 2.89. The summed E-state index contributed by atoms with van der Waals surface area (Å²) in [7, 11) is -10.0. The Hall–Kier alpha value is -0.810. The van der Waals surface area contributed by atoms with Gasteiger partial charge < -0.3 is 9.42 Å². The maximum Gasteiger partial charge on any atom is 0.493 e. The van der Waals surface area contributed by atoms with E-state index in [1.165, 1.54) is 24.3 Å². The monoisotopic (exact) mass is 267 g/mol. The van der Waals surface area contributed by atoms with Crippen LogP contribution in [0.4, 0.5) is 4.79 Å². The van der Waals surface area contributed by atoms with E-state index in [1.54, 1.807) is 6.07 Å². The Labute approximate surface area is 91.1 Å². The molecule has 0 aliphatic heterocycles. The van der Waals surface area contributed by atoms with E-state index in [0.29, 0.717) is 0 Å². The minimum absolute atomic E-state index is 0.102. The lowest BCUT2D eigenvalue weighted by molar-refractivity contribution is 0.250. The van der Waals surface area contributed by atoms with Gasteiger partial charge in [-0.15, -0.1) is 0 Å². The molecule has 0 fully saturated rings. The van der Waals surface area contributed by atoms with Crippen LogP contribution < -0.4 is 4.52 Å². The molecule has 0 aromatic heterocycles. The molecule has 7 nitrogen and oxygen atoms in total. The highest BCUT2D eigenvalue weighted by Gasteiger charge is 2.57. The molecule has 0 bridgehead atoms. The largest absolute Gasteiger partial charge is 0.493 e. The van der Waals surface area contributed by atoms with E-state index < -0.39 is 20.8 Å². The quantitative estimate of drug-likeness (QED) is 0.602. The average Bonchev–Trinajstić information content (AvgIpc) is 2.16. The van der Waals surface area contributed by atoms with Crippen LogP contribution in [0.1, 0.15) is 0 Å². The van der Waals surface area contributed by atoms with Crippen LogP contribution in [0.5, 0.6) is 5.75 Å². The van der Waals surface area contributed by atoms with Crippen molar-refractivity contribution in [1.82, 2.24) is 0 Å². The minimum Gasteiger partial charge on any atom is -0.417 e. The lowest BCUT2D eigenvalue weighted by Crippen LogP contribution is -2.07. The van der Waals surface area contributed by atoms with Gasteiger partial charge in [0.25, 0.3) is 0 Å². The number of carbonyl (C=O) groups is 1. The van der Waals surface area contributed by atoms with E-state index in [0.717, 1.165) is 0 Å². The zero-order valence-electron chi connectivity index (χ0n) is 7.79. The van der Waals surface area contributed by atoms with Crippen molar-refractivity contribution in [2.75, 3.05) is 0 Å². The fourth-order valence-electron chi connectivity index (χ4n) is 0.833. The molecule has 0 aliphatic rings. The molecule has 1 aromatic rings. The molecule has 0 aliphatic carbocycles. The lowest BCUT2D eigenvalue weighted by Gasteiger charge is -2.10. The van der Waals surface area contributed by atoms with E-state index in [9.17, 15) is 9.36 Å². The summed E-state index contributed by atoms with van der Waals surface area (Å²) in [6.07, 6.45) is 0. The maximum atomic E-state index is 11.3. The maximum absolute atomic E-state index is 11.3. The number of para-hydroxylation sites is 1. The fourth-order valence-corrected chi connectivity index (χ4v) is 2.80. The smallest absolute Gasteiger partial charge is 0.417 e. The van der Waals surface area contributed by atoms with Gasteiger partial charge in [-0.1, -0.05) is 18.2 Å². The van der Waals surface area contributed by atoms with Crippen molar-refractivity contribution < 1.29 is 33.5 Å². The summed E-state index contributed by atoms with van der Waals surface area (Å²) in [6, 6.07) is 7.17. The van der Waals surface area contributed by atoms with Crippen molar-refractivity contribution >= 4 is 20.8 Å². The Bertz CT molecular complexity index is 424. The van der Waals surface area contributed by atoms with Crippen LogP contribution >= 0.6 is 15.5 Å². The number of hydrogen-bond acceptors (Lipinski definition) is 6. The molecule has 4 N–H and O–H groups in total. The van der Waals surface area contributed by atoms with Gasteiger partial charge in [-0.2, -0.15) is 14.7 Å².